The number of benzene rings is 1. The summed E-state index contributed by atoms with van der Waals surface area (Å²) >= 11 is 1.18. The van der Waals surface area contributed by atoms with Crippen molar-refractivity contribution >= 4 is 23.6 Å². The first-order chi connectivity index (χ1) is 12.7. The summed E-state index contributed by atoms with van der Waals surface area (Å²) in [7, 11) is 0. The van der Waals surface area contributed by atoms with Crippen molar-refractivity contribution in [2.24, 2.45) is 5.41 Å². The minimum absolute atomic E-state index is 0.0291. The van der Waals surface area contributed by atoms with Gasteiger partial charge in [-0.1, -0.05) is 26.0 Å². The minimum atomic E-state index is -0.900. The first-order valence-electron chi connectivity index (χ1n) is 9.05. The molecule has 2 aromatic rings. The molecule has 1 heterocycles. The van der Waals surface area contributed by atoms with Crippen LogP contribution >= 0.6 is 11.8 Å². The molecular weight excluding hydrogens is 362 g/mol. The van der Waals surface area contributed by atoms with Gasteiger partial charge in [-0.25, -0.2) is 0 Å². The molecule has 1 aromatic carbocycles. The van der Waals surface area contributed by atoms with Gasteiger partial charge in [0.15, 0.2) is 0 Å². The Balaban J connectivity index is 1.85. The molecule has 27 heavy (non-hydrogen) atoms. The number of aryl methyl sites for hydroxylation is 1. The maximum absolute atomic E-state index is 13.0. The second-order valence-electron chi connectivity index (χ2n) is 7.90. The zero-order valence-corrected chi connectivity index (χ0v) is 16.9. The number of carboxylic acid groups (broad SMARTS) is 1. The molecule has 2 unspecified atom stereocenters. The topological polar surface area (TPSA) is 79.5 Å². The standard InChI is InChI=1S/C21H25NO4S/c1-12-9-15-16(10-21(3,4)11-17(15)26-12)22-19(23)14-7-5-6-8-18(14)27-13(2)20(24)25/h5-9,13,16H,10-11H2,1-4H3,(H,22,23)(H,24,25). The molecule has 6 heteroatoms. The number of hydrogen-bond donors (Lipinski definition) is 2. The van der Waals surface area contributed by atoms with E-state index in [2.05, 4.69) is 19.2 Å². The largest absolute Gasteiger partial charge is 0.480 e. The van der Waals surface area contributed by atoms with Gasteiger partial charge in [0.25, 0.3) is 5.91 Å². The van der Waals surface area contributed by atoms with Crippen molar-refractivity contribution in [2.45, 2.75) is 56.7 Å². The summed E-state index contributed by atoms with van der Waals surface area (Å²) in [6.45, 7) is 7.88. The van der Waals surface area contributed by atoms with E-state index in [1.807, 2.05) is 19.1 Å². The highest BCUT2D eigenvalue weighted by molar-refractivity contribution is 8.00. The van der Waals surface area contributed by atoms with Crippen LogP contribution in [0.4, 0.5) is 0 Å². The lowest BCUT2D eigenvalue weighted by Crippen LogP contribution is -2.36. The molecular formula is C21H25NO4S. The van der Waals surface area contributed by atoms with Gasteiger partial charge < -0.3 is 14.8 Å². The molecule has 144 valence electrons. The number of fused-ring (bicyclic) bond motifs is 1. The highest BCUT2D eigenvalue weighted by Crippen LogP contribution is 2.42. The summed E-state index contributed by atoms with van der Waals surface area (Å²) in [6, 6.07) is 9.02. The van der Waals surface area contributed by atoms with Crippen LogP contribution in [-0.2, 0) is 11.2 Å². The van der Waals surface area contributed by atoms with Crippen LogP contribution in [-0.4, -0.2) is 22.2 Å². The van der Waals surface area contributed by atoms with Crippen molar-refractivity contribution in [3.8, 4) is 0 Å². The number of thioether (sulfide) groups is 1. The molecule has 3 rings (SSSR count). The smallest absolute Gasteiger partial charge is 0.316 e. The molecule has 2 N–H and O–H groups in total. The van der Waals surface area contributed by atoms with Crippen molar-refractivity contribution < 1.29 is 19.1 Å². The number of nitrogens with one attached hydrogen (secondary N) is 1. The zero-order valence-electron chi connectivity index (χ0n) is 16.0. The van der Waals surface area contributed by atoms with Crippen molar-refractivity contribution in [1.29, 1.82) is 0 Å². The van der Waals surface area contributed by atoms with E-state index in [1.54, 1.807) is 25.1 Å². The Morgan fingerprint density at radius 1 is 1.33 bits per heavy atom. The SMILES string of the molecule is Cc1cc2c(o1)CC(C)(C)CC2NC(=O)c1ccccc1SC(C)C(=O)O. The summed E-state index contributed by atoms with van der Waals surface area (Å²) in [5.41, 5.74) is 1.58. The number of hydrogen-bond acceptors (Lipinski definition) is 4. The first kappa shape index (κ1) is 19.5. The number of carboxylic acids is 1. The van der Waals surface area contributed by atoms with Crippen LogP contribution in [0.3, 0.4) is 0 Å². The Morgan fingerprint density at radius 3 is 2.74 bits per heavy atom. The first-order valence-corrected chi connectivity index (χ1v) is 9.93. The number of carbonyl (C=O) groups excluding carboxylic acids is 1. The zero-order chi connectivity index (χ0) is 19.8. The normalized spacial score (nSPS) is 19.2. The van der Waals surface area contributed by atoms with Gasteiger partial charge in [-0.2, -0.15) is 0 Å². The molecule has 1 aliphatic carbocycles. The third kappa shape index (κ3) is 4.38. The van der Waals surface area contributed by atoms with E-state index in [-0.39, 0.29) is 17.4 Å². The van der Waals surface area contributed by atoms with Crippen molar-refractivity contribution in [1.82, 2.24) is 5.32 Å². The predicted molar refractivity (Wildman–Crippen MR) is 105 cm³/mol. The van der Waals surface area contributed by atoms with E-state index in [1.165, 1.54) is 11.8 Å². The van der Waals surface area contributed by atoms with Crippen LogP contribution < -0.4 is 5.32 Å². The van der Waals surface area contributed by atoms with Gasteiger partial charge in [0, 0.05) is 16.9 Å². The van der Waals surface area contributed by atoms with E-state index < -0.39 is 11.2 Å². The Bertz CT molecular complexity index is 871. The molecule has 0 spiro atoms. The van der Waals surface area contributed by atoms with Gasteiger partial charge >= 0.3 is 5.97 Å². The summed E-state index contributed by atoms with van der Waals surface area (Å²) in [4.78, 5) is 24.9. The van der Waals surface area contributed by atoms with Crippen molar-refractivity contribution in [2.75, 3.05) is 0 Å². The Labute approximate surface area is 163 Å². The van der Waals surface area contributed by atoms with Crippen molar-refractivity contribution in [3.05, 3.63) is 53.0 Å². The molecule has 0 fully saturated rings. The lowest BCUT2D eigenvalue weighted by atomic mass is 9.74. The maximum atomic E-state index is 13.0. The molecule has 0 radical (unpaired) electrons. The number of rotatable bonds is 5. The quantitative estimate of drug-likeness (QED) is 0.733. The summed E-state index contributed by atoms with van der Waals surface area (Å²) in [5, 5.41) is 11.7. The van der Waals surface area contributed by atoms with Crippen LogP contribution in [0.5, 0.6) is 0 Å². The monoisotopic (exact) mass is 387 g/mol. The Hall–Kier alpha value is -2.21. The van der Waals surface area contributed by atoms with E-state index in [0.717, 1.165) is 29.9 Å². The molecule has 0 saturated carbocycles. The molecule has 1 amide bonds. The Kier molecular flexibility index (Phi) is 5.38. The summed E-state index contributed by atoms with van der Waals surface area (Å²) < 4.78 is 5.84. The van der Waals surface area contributed by atoms with E-state index in [9.17, 15) is 14.7 Å². The maximum Gasteiger partial charge on any atom is 0.316 e. The van der Waals surface area contributed by atoms with E-state index in [0.29, 0.717) is 10.5 Å². The van der Waals surface area contributed by atoms with Crippen molar-refractivity contribution in [3.63, 3.8) is 0 Å². The molecule has 0 saturated heterocycles. The minimum Gasteiger partial charge on any atom is -0.480 e. The number of carbonyl (C=O) groups is 2. The van der Waals surface area contributed by atoms with E-state index >= 15 is 0 Å². The average Bonchev–Trinajstić information content (AvgIpc) is 2.94. The van der Waals surface area contributed by atoms with Crippen LogP contribution in [0.2, 0.25) is 0 Å². The van der Waals surface area contributed by atoms with E-state index in [4.69, 9.17) is 4.42 Å². The summed E-state index contributed by atoms with van der Waals surface area (Å²) in [5.74, 6) is 0.699. The van der Waals surface area contributed by atoms with Crippen LogP contribution in [0.1, 0.15) is 60.7 Å². The molecule has 0 aliphatic heterocycles. The molecule has 2 atom stereocenters. The van der Waals surface area contributed by atoms with Gasteiger partial charge in [0.1, 0.15) is 16.8 Å². The number of furan rings is 1. The van der Waals surface area contributed by atoms with Gasteiger partial charge in [-0.3, -0.25) is 9.59 Å². The second kappa shape index (κ2) is 7.43. The molecule has 1 aliphatic rings. The highest BCUT2D eigenvalue weighted by atomic mass is 32.2. The lowest BCUT2D eigenvalue weighted by molar-refractivity contribution is -0.136. The second-order valence-corrected chi connectivity index (χ2v) is 9.28. The molecule has 5 nitrogen and oxygen atoms in total. The third-order valence-electron chi connectivity index (χ3n) is 4.82. The van der Waals surface area contributed by atoms with Gasteiger partial charge in [-0.15, -0.1) is 11.8 Å². The predicted octanol–water partition coefficient (Wildman–Crippen LogP) is 4.60. The lowest BCUT2D eigenvalue weighted by Gasteiger charge is -2.34. The van der Waals surface area contributed by atoms with Crippen LogP contribution in [0.25, 0.3) is 0 Å². The van der Waals surface area contributed by atoms with Gasteiger partial charge in [0.05, 0.1) is 11.6 Å². The third-order valence-corrected chi connectivity index (χ3v) is 5.99. The molecule has 1 aromatic heterocycles. The highest BCUT2D eigenvalue weighted by Gasteiger charge is 2.36. The number of aliphatic carboxylic acids is 1. The van der Waals surface area contributed by atoms with Crippen LogP contribution in [0.15, 0.2) is 39.6 Å². The fourth-order valence-corrected chi connectivity index (χ4v) is 4.47. The fourth-order valence-electron chi connectivity index (χ4n) is 3.55. The number of amides is 1. The molecule has 0 bridgehead atoms. The van der Waals surface area contributed by atoms with Crippen LogP contribution in [0, 0.1) is 12.3 Å². The van der Waals surface area contributed by atoms with Gasteiger partial charge in [0.2, 0.25) is 0 Å². The van der Waals surface area contributed by atoms with Gasteiger partial charge in [-0.05, 0) is 43.9 Å². The fraction of sp³-hybridized carbons (Fsp3) is 0.429. The summed E-state index contributed by atoms with van der Waals surface area (Å²) in [6.07, 6.45) is 1.68. The average molecular weight is 388 g/mol. The Morgan fingerprint density at radius 2 is 2.04 bits per heavy atom.